The van der Waals surface area contributed by atoms with E-state index in [0.717, 1.165) is 35.9 Å². The van der Waals surface area contributed by atoms with E-state index in [1.54, 1.807) is 12.4 Å². The van der Waals surface area contributed by atoms with Gasteiger partial charge in [0.25, 0.3) is 0 Å². The van der Waals surface area contributed by atoms with Gasteiger partial charge in [-0.15, -0.1) is 10.2 Å². The third-order valence-corrected chi connectivity index (χ3v) is 2.34. The number of anilines is 1. The highest BCUT2D eigenvalue weighted by Gasteiger charge is 2.05. The molecule has 0 atom stereocenters. The van der Waals surface area contributed by atoms with Crippen LogP contribution in [0.25, 0.3) is 11.4 Å². The molecule has 0 aliphatic carbocycles. The molecule has 17 heavy (non-hydrogen) atoms. The maximum Gasteiger partial charge on any atom is 0.148 e. The molecular formula is C12H15N5. The molecule has 0 aliphatic rings. The van der Waals surface area contributed by atoms with Crippen molar-refractivity contribution in [2.24, 2.45) is 0 Å². The van der Waals surface area contributed by atoms with Gasteiger partial charge in [0.15, 0.2) is 0 Å². The predicted octanol–water partition coefficient (Wildman–Crippen LogP) is 2.06. The van der Waals surface area contributed by atoms with Gasteiger partial charge in [0, 0.05) is 18.9 Å². The quantitative estimate of drug-likeness (QED) is 0.869. The minimum absolute atomic E-state index is 0.748. The third-order valence-electron chi connectivity index (χ3n) is 2.34. The number of rotatable bonds is 4. The van der Waals surface area contributed by atoms with Crippen LogP contribution >= 0.6 is 0 Å². The molecule has 5 nitrogen and oxygen atoms in total. The molecule has 2 heterocycles. The Labute approximate surface area is 100 Å². The van der Waals surface area contributed by atoms with Gasteiger partial charge < -0.3 is 5.32 Å². The Balaban J connectivity index is 2.21. The highest BCUT2D eigenvalue weighted by Crippen LogP contribution is 2.16. The summed E-state index contributed by atoms with van der Waals surface area (Å²) in [5.74, 6) is 0.789. The molecule has 0 radical (unpaired) electrons. The minimum Gasteiger partial charge on any atom is -0.369 e. The summed E-state index contributed by atoms with van der Waals surface area (Å²) in [5.41, 5.74) is 2.38. The van der Waals surface area contributed by atoms with E-state index < -0.39 is 0 Å². The molecule has 0 spiro atoms. The van der Waals surface area contributed by atoms with Crippen molar-refractivity contribution in [1.82, 2.24) is 20.2 Å². The molecule has 2 rings (SSSR count). The summed E-state index contributed by atoms with van der Waals surface area (Å²) >= 11 is 0. The Morgan fingerprint density at radius 2 is 1.94 bits per heavy atom. The van der Waals surface area contributed by atoms with Crippen LogP contribution < -0.4 is 5.32 Å². The van der Waals surface area contributed by atoms with Crippen molar-refractivity contribution in [2.45, 2.75) is 20.3 Å². The Bertz CT molecular complexity index is 481. The van der Waals surface area contributed by atoms with Gasteiger partial charge in [-0.25, -0.2) is 0 Å². The van der Waals surface area contributed by atoms with E-state index in [1.165, 1.54) is 0 Å². The summed E-state index contributed by atoms with van der Waals surface area (Å²) in [6.07, 6.45) is 4.39. The number of nitrogens with zero attached hydrogens (tertiary/aromatic N) is 4. The van der Waals surface area contributed by atoms with Gasteiger partial charge in [-0.05, 0) is 25.5 Å². The molecule has 0 aromatic carbocycles. The van der Waals surface area contributed by atoms with Crippen molar-refractivity contribution in [3.05, 3.63) is 30.2 Å². The topological polar surface area (TPSA) is 63.6 Å². The molecule has 0 bridgehead atoms. The fourth-order valence-electron chi connectivity index (χ4n) is 1.46. The Hall–Kier alpha value is -2.04. The first-order valence-corrected chi connectivity index (χ1v) is 5.67. The monoisotopic (exact) mass is 229 g/mol. The molecule has 0 aliphatic heterocycles. The Morgan fingerprint density at radius 3 is 2.59 bits per heavy atom. The predicted molar refractivity (Wildman–Crippen MR) is 66.6 cm³/mol. The van der Waals surface area contributed by atoms with E-state index in [-0.39, 0.29) is 0 Å². The van der Waals surface area contributed by atoms with Crippen LogP contribution in [0.15, 0.2) is 24.5 Å². The highest BCUT2D eigenvalue weighted by atomic mass is 15.2. The van der Waals surface area contributed by atoms with Crippen molar-refractivity contribution < 1.29 is 0 Å². The molecule has 5 heteroatoms. The van der Waals surface area contributed by atoms with Crippen LogP contribution in [0.1, 0.15) is 19.0 Å². The third kappa shape index (κ3) is 2.75. The minimum atomic E-state index is 0.748. The summed E-state index contributed by atoms with van der Waals surface area (Å²) in [5, 5.41) is 11.4. The second-order valence-electron chi connectivity index (χ2n) is 3.72. The zero-order valence-corrected chi connectivity index (χ0v) is 10.0. The Kier molecular flexibility index (Phi) is 3.59. The lowest BCUT2D eigenvalue weighted by molar-refractivity contribution is 0.942. The van der Waals surface area contributed by atoms with E-state index in [1.807, 2.05) is 19.1 Å². The lowest BCUT2D eigenvalue weighted by Crippen LogP contribution is -2.03. The SMILES string of the molecule is CCCNc1ccc(-c2nccnc2C)nn1. The standard InChI is InChI=1S/C12H15N5/c1-3-6-14-11-5-4-10(16-17-11)12-9(2)13-7-8-15-12/h4-5,7-8H,3,6H2,1-2H3,(H,14,17). The van der Waals surface area contributed by atoms with Crippen molar-refractivity contribution in [3.8, 4) is 11.4 Å². The normalized spacial score (nSPS) is 10.2. The van der Waals surface area contributed by atoms with Gasteiger partial charge in [-0.1, -0.05) is 6.92 Å². The first-order valence-electron chi connectivity index (χ1n) is 5.67. The van der Waals surface area contributed by atoms with Gasteiger partial charge in [0.05, 0.1) is 5.69 Å². The lowest BCUT2D eigenvalue weighted by Gasteiger charge is -2.04. The number of nitrogens with one attached hydrogen (secondary N) is 1. The fourth-order valence-corrected chi connectivity index (χ4v) is 1.46. The highest BCUT2D eigenvalue weighted by molar-refractivity contribution is 5.56. The molecule has 0 unspecified atom stereocenters. The maximum atomic E-state index is 4.25. The van der Waals surface area contributed by atoms with Crippen LogP contribution in [-0.2, 0) is 0 Å². The molecule has 2 aromatic rings. The van der Waals surface area contributed by atoms with Crippen LogP contribution in [0.4, 0.5) is 5.82 Å². The maximum absolute atomic E-state index is 4.25. The van der Waals surface area contributed by atoms with Gasteiger partial charge in [-0.2, -0.15) is 0 Å². The fraction of sp³-hybridized carbons (Fsp3) is 0.333. The van der Waals surface area contributed by atoms with E-state index in [9.17, 15) is 0 Å². The second-order valence-corrected chi connectivity index (χ2v) is 3.72. The molecule has 0 amide bonds. The first-order chi connectivity index (χ1) is 8.31. The molecule has 2 aromatic heterocycles. The van der Waals surface area contributed by atoms with Gasteiger partial charge >= 0.3 is 0 Å². The van der Waals surface area contributed by atoms with Gasteiger partial charge in [-0.3, -0.25) is 9.97 Å². The average molecular weight is 229 g/mol. The van der Waals surface area contributed by atoms with Crippen molar-refractivity contribution in [3.63, 3.8) is 0 Å². The largest absolute Gasteiger partial charge is 0.369 e. The zero-order valence-electron chi connectivity index (χ0n) is 10.0. The van der Waals surface area contributed by atoms with Gasteiger partial charge in [0.2, 0.25) is 0 Å². The van der Waals surface area contributed by atoms with E-state index in [0.29, 0.717) is 0 Å². The van der Waals surface area contributed by atoms with Crippen LogP contribution in [-0.4, -0.2) is 26.7 Å². The molecule has 1 N–H and O–H groups in total. The molecule has 0 fully saturated rings. The number of hydrogen-bond acceptors (Lipinski definition) is 5. The Morgan fingerprint density at radius 1 is 1.12 bits per heavy atom. The van der Waals surface area contributed by atoms with E-state index >= 15 is 0 Å². The summed E-state index contributed by atoms with van der Waals surface area (Å²) in [4.78, 5) is 8.44. The summed E-state index contributed by atoms with van der Waals surface area (Å²) < 4.78 is 0. The molecule has 88 valence electrons. The molecule has 0 saturated heterocycles. The van der Waals surface area contributed by atoms with E-state index in [4.69, 9.17) is 0 Å². The summed E-state index contributed by atoms with van der Waals surface area (Å²) in [6, 6.07) is 3.81. The second kappa shape index (κ2) is 5.34. The molecule has 0 saturated carbocycles. The number of aryl methyl sites for hydroxylation is 1. The van der Waals surface area contributed by atoms with Crippen LogP contribution in [0, 0.1) is 6.92 Å². The van der Waals surface area contributed by atoms with Crippen LogP contribution in [0.3, 0.4) is 0 Å². The van der Waals surface area contributed by atoms with Crippen LogP contribution in [0.2, 0.25) is 0 Å². The summed E-state index contributed by atoms with van der Waals surface area (Å²) in [6.45, 7) is 4.92. The van der Waals surface area contributed by atoms with Crippen molar-refractivity contribution >= 4 is 5.82 Å². The summed E-state index contributed by atoms with van der Waals surface area (Å²) in [7, 11) is 0. The van der Waals surface area contributed by atoms with Crippen molar-refractivity contribution in [2.75, 3.05) is 11.9 Å². The first kappa shape index (κ1) is 11.4. The van der Waals surface area contributed by atoms with Crippen LogP contribution in [0.5, 0.6) is 0 Å². The lowest BCUT2D eigenvalue weighted by atomic mass is 10.2. The zero-order chi connectivity index (χ0) is 12.1. The van der Waals surface area contributed by atoms with Crippen molar-refractivity contribution in [1.29, 1.82) is 0 Å². The average Bonchev–Trinajstić information content (AvgIpc) is 2.38. The number of aromatic nitrogens is 4. The van der Waals surface area contributed by atoms with Gasteiger partial charge in [0.1, 0.15) is 17.2 Å². The smallest absolute Gasteiger partial charge is 0.148 e. The molecular weight excluding hydrogens is 214 g/mol. The van der Waals surface area contributed by atoms with E-state index in [2.05, 4.69) is 32.4 Å². The number of hydrogen-bond donors (Lipinski definition) is 1.